The average Bonchev–Trinajstić information content (AvgIpc) is 2.14. The highest BCUT2D eigenvalue weighted by molar-refractivity contribution is 5.20. The third-order valence-electron chi connectivity index (χ3n) is 1.10. The van der Waals surface area contributed by atoms with E-state index in [1.54, 1.807) is 6.26 Å². The Morgan fingerprint density at radius 1 is 1.75 bits per heavy atom. The van der Waals surface area contributed by atoms with E-state index < -0.39 is 0 Å². The maximum absolute atomic E-state index is 4.65. The fraction of sp³-hybridized carbons (Fsp3) is 0.333. The van der Waals surface area contributed by atoms with Crippen molar-refractivity contribution in [2.24, 2.45) is 0 Å². The van der Waals surface area contributed by atoms with E-state index in [-0.39, 0.29) is 0 Å². The van der Waals surface area contributed by atoms with Crippen molar-refractivity contribution in [3.63, 3.8) is 0 Å². The summed E-state index contributed by atoms with van der Waals surface area (Å²) in [5, 5.41) is 3.68. The van der Waals surface area contributed by atoms with Crippen LogP contribution >= 0.6 is 0 Å². The second-order valence-corrected chi connectivity index (χ2v) is 1.64. The lowest BCUT2D eigenvalue weighted by Gasteiger charge is -1.82. The van der Waals surface area contributed by atoms with Gasteiger partial charge in [-0.15, -0.1) is 0 Å². The molecular weight excluding hydrogens is 102 g/mol. The van der Waals surface area contributed by atoms with E-state index in [0.29, 0.717) is 0 Å². The first kappa shape index (κ1) is 5.35. The van der Waals surface area contributed by atoms with Gasteiger partial charge < -0.3 is 4.52 Å². The predicted octanol–water partition coefficient (Wildman–Crippen LogP) is 1.56. The highest BCUT2D eigenvalue weighted by atomic mass is 16.5. The molecule has 0 saturated carbocycles. The Bertz CT molecular complexity index is 169. The van der Waals surface area contributed by atoms with E-state index in [1.807, 2.05) is 20.3 Å². The smallest absolute Gasteiger partial charge is 0.127 e. The second kappa shape index (κ2) is 1.99. The van der Waals surface area contributed by atoms with Crippen molar-refractivity contribution in [2.45, 2.75) is 13.8 Å². The first-order valence-electron chi connectivity index (χ1n) is 2.55. The van der Waals surface area contributed by atoms with Gasteiger partial charge in [0.15, 0.2) is 0 Å². The lowest BCUT2D eigenvalue weighted by molar-refractivity contribution is 0.414. The summed E-state index contributed by atoms with van der Waals surface area (Å²) in [6.07, 6.45) is 3.60. The zero-order chi connectivity index (χ0) is 5.98. The summed E-state index contributed by atoms with van der Waals surface area (Å²) in [5.41, 5.74) is 2.03. The van der Waals surface area contributed by atoms with Crippen LogP contribution in [-0.4, -0.2) is 5.16 Å². The van der Waals surface area contributed by atoms with Crippen LogP contribution in [-0.2, 0) is 0 Å². The Morgan fingerprint density at radius 3 is 2.75 bits per heavy atom. The van der Waals surface area contributed by atoms with Crippen molar-refractivity contribution in [1.82, 2.24) is 5.16 Å². The second-order valence-electron chi connectivity index (χ2n) is 1.64. The maximum atomic E-state index is 4.65. The summed E-state index contributed by atoms with van der Waals surface area (Å²) in [4.78, 5) is 0. The molecule has 0 unspecified atom stereocenters. The standard InChI is InChI=1S/C6H8NO/c1-3-6-4-8-7-5(6)2/h3-4H,1-2H3. The van der Waals surface area contributed by atoms with Gasteiger partial charge in [-0.3, -0.25) is 0 Å². The molecule has 0 N–H and O–H groups in total. The summed E-state index contributed by atoms with van der Waals surface area (Å²) >= 11 is 0. The Balaban J connectivity index is 2.92. The summed E-state index contributed by atoms with van der Waals surface area (Å²) in [6, 6.07) is 0. The van der Waals surface area contributed by atoms with Crippen molar-refractivity contribution in [3.8, 4) is 0 Å². The number of nitrogens with zero attached hydrogens (tertiary/aromatic N) is 1. The van der Waals surface area contributed by atoms with Crippen LogP contribution < -0.4 is 0 Å². The van der Waals surface area contributed by atoms with Crippen molar-refractivity contribution in [3.05, 3.63) is 23.9 Å². The molecule has 0 spiro atoms. The van der Waals surface area contributed by atoms with Crippen molar-refractivity contribution in [2.75, 3.05) is 0 Å². The van der Waals surface area contributed by atoms with E-state index in [1.165, 1.54) is 0 Å². The Morgan fingerprint density at radius 2 is 2.50 bits per heavy atom. The molecule has 0 aliphatic carbocycles. The fourth-order valence-corrected chi connectivity index (χ4v) is 0.577. The Labute approximate surface area is 48.5 Å². The minimum absolute atomic E-state index is 0.951. The number of hydrogen-bond donors (Lipinski definition) is 0. The van der Waals surface area contributed by atoms with Crippen LogP contribution in [0.3, 0.4) is 0 Å². The number of aromatic nitrogens is 1. The van der Waals surface area contributed by atoms with Gasteiger partial charge in [-0.25, -0.2) is 0 Å². The SMILES string of the molecule is C[CH]c1conc1C. The molecule has 43 valence electrons. The molecule has 2 nitrogen and oxygen atoms in total. The molecule has 0 saturated heterocycles. The van der Waals surface area contributed by atoms with Gasteiger partial charge in [0.05, 0.1) is 5.69 Å². The summed E-state index contributed by atoms with van der Waals surface area (Å²) < 4.78 is 4.65. The highest BCUT2D eigenvalue weighted by Gasteiger charge is 1.96. The lowest BCUT2D eigenvalue weighted by Crippen LogP contribution is -1.75. The zero-order valence-electron chi connectivity index (χ0n) is 5.01. The molecule has 0 aliphatic heterocycles. The quantitative estimate of drug-likeness (QED) is 0.548. The zero-order valence-corrected chi connectivity index (χ0v) is 5.01. The Hall–Kier alpha value is -0.790. The average molecular weight is 110 g/mol. The predicted molar refractivity (Wildman–Crippen MR) is 30.3 cm³/mol. The third kappa shape index (κ3) is 0.735. The first-order valence-corrected chi connectivity index (χ1v) is 2.55. The first-order chi connectivity index (χ1) is 3.84. The van der Waals surface area contributed by atoms with Crippen molar-refractivity contribution < 1.29 is 4.52 Å². The minimum Gasteiger partial charge on any atom is -0.364 e. The monoisotopic (exact) mass is 110 g/mol. The lowest BCUT2D eigenvalue weighted by atomic mass is 10.2. The van der Waals surface area contributed by atoms with Crippen LogP contribution in [0, 0.1) is 13.3 Å². The largest absolute Gasteiger partial charge is 0.364 e. The number of hydrogen-bond acceptors (Lipinski definition) is 2. The normalized spacial score (nSPS) is 9.75. The van der Waals surface area contributed by atoms with E-state index >= 15 is 0 Å². The van der Waals surface area contributed by atoms with Gasteiger partial charge in [-0.2, -0.15) is 0 Å². The molecule has 1 aromatic rings. The van der Waals surface area contributed by atoms with Crippen LogP contribution in [0.1, 0.15) is 18.2 Å². The van der Waals surface area contributed by atoms with Gasteiger partial charge >= 0.3 is 0 Å². The van der Waals surface area contributed by atoms with Gasteiger partial charge in [-0.1, -0.05) is 12.1 Å². The van der Waals surface area contributed by atoms with Gasteiger partial charge in [0.2, 0.25) is 0 Å². The molecule has 8 heavy (non-hydrogen) atoms. The molecule has 0 fully saturated rings. The van der Waals surface area contributed by atoms with Crippen LogP contribution in [0.15, 0.2) is 10.8 Å². The van der Waals surface area contributed by atoms with Gasteiger partial charge in [0, 0.05) is 5.56 Å². The third-order valence-corrected chi connectivity index (χ3v) is 1.10. The summed E-state index contributed by atoms with van der Waals surface area (Å²) in [7, 11) is 0. The van der Waals surface area contributed by atoms with Crippen LogP contribution in [0.5, 0.6) is 0 Å². The topological polar surface area (TPSA) is 26.0 Å². The molecule has 0 amide bonds. The number of rotatable bonds is 1. The molecule has 1 aromatic heterocycles. The summed E-state index contributed by atoms with van der Waals surface area (Å²) in [5.74, 6) is 0. The summed E-state index contributed by atoms with van der Waals surface area (Å²) in [6.45, 7) is 3.87. The van der Waals surface area contributed by atoms with E-state index in [9.17, 15) is 0 Å². The van der Waals surface area contributed by atoms with E-state index in [0.717, 1.165) is 11.3 Å². The molecule has 2 heteroatoms. The maximum Gasteiger partial charge on any atom is 0.127 e. The molecule has 1 rings (SSSR count). The minimum atomic E-state index is 0.951. The van der Waals surface area contributed by atoms with E-state index in [4.69, 9.17) is 0 Å². The van der Waals surface area contributed by atoms with Crippen molar-refractivity contribution >= 4 is 0 Å². The molecule has 0 atom stereocenters. The van der Waals surface area contributed by atoms with Gasteiger partial charge in [0.25, 0.3) is 0 Å². The van der Waals surface area contributed by atoms with Gasteiger partial charge in [0.1, 0.15) is 6.26 Å². The molecule has 1 heterocycles. The van der Waals surface area contributed by atoms with E-state index in [2.05, 4.69) is 9.68 Å². The fourth-order valence-electron chi connectivity index (χ4n) is 0.577. The molecule has 0 bridgehead atoms. The van der Waals surface area contributed by atoms with Gasteiger partial charge in [-0.05, 0) is 13.3 Å². The Kier molecular flexibility index (Phi) is 1.33. The highest BCUT2D eigenvalue weighted by Crippen LogP contribution is 2.05. The van der Waals surface area contributed by atoms with Crippen LogP contribution in [0.25, 0.3) is 0 Å². The molecular formula is C6H8NO. The molecule has 0 aliphatic rings. The van der Waals surface area contributed by atoms with Crippen LogP contribution in [0.4, 0.5) is 0 Å². The number of aryl methyl sites for hydroxylation is 1. The van der Waals surface area contributed by atoms with Crippen LogP contribution in [0.2, 0.25) is 0 Å². The van der Waals surface area contributed by atoms with Crippen molar-refractivity contribution in [1.29, 1.82) is 0 Å². The molecule has 1 radical (unpaired) electrons. The molecule has 0 aromatic carbocycles.